The fourth-order valence-corrected chi connectivity index (χ4v) is 4.73. The molecule has 0 saturated carbocycles. The van der Waals surface area contributed by atoms with E-state index in [1.807, 2.05) is 26.0 Å². The monoisotopic (exact) mass is 493 g/mol. The first-order valence-electron chi connectivity index (χ1n) is 10.0. The van der Waals surface area contributed by atoms with Crippen molar-refractivity contribution < 1.29 is 13.2 Å². The molecule has 8 heteroatoms. The fraction of sp³-hybridized carbons (Fsp3) is 0.409. The van der Waals surface area contributed by atoms with Crippen molar-refractivity contribution in [2.75, 3.05) is 35.1 Å². The molecule has 0 spiro atoms. The van der Waals surface area contributed by atoms with E-state index >= 15 is 0 Å². The lowest BCUT2D eigenvalue weighted by Crippen LogP contribution is -2.41. The van der Waals surface area contributed by atoms with Gasteiger partial charge in [-0.3, -0.25) is 9.10 Å². The average Bonchev–Trinajstić information content (AvgIpc) is 3.22. The Morgan fingerprint density at radius 3 is 2.37 bits per heavy atom. The van der Waals surface area contributed by atoms with Gasteiger partial charge in [0, 0.05) is 23.2 Å². The lowest BCUT2D eigenvalue weighted by molar-refractivity contribution is -0.120. The van der Waals surface area contributed by atoms with Gasteiger partial charge in [0.1, 0.15) is 6.54 Å². The van der Waals surface area contributed by atoms with Gasteiger partial charge in [0.2, 0.25) is 15.9 Å². The Morgan fingerprint density at radius 2 is 1.80 bits per heavy atom. The Bertz CT molecular complexity index is 1000. The molecule has 1 N–H and O–H groups in total. The van der Waals surface area contributed by atoms with Crippen molar-refractivity contribution >= 4 is 43.2 Å². The maximum atomic E-state index is 12.7. The van der Waals surface area contributed by atoms with Gasteiger partial charge in [-0.25, -0.2) is 8.42 Å². The van der Waals surface area contributed by atoms with Crippen LogP contribution in [0.5, 0.6) is 0 Å². The number of benzene rings is 2. The summed E-state index contributed by atoms with van der Waals surface area (Å²) in [4.78, 5) is 15.0. The number of amides is 1. The number of aryl methyl sites for hydroxylation is 1. The summed E-state index contributed by atoms with van der Waals surface area (Å²) in [6.45, 7) is 5.68. The second-order valence-corrected chi connectivity index (χ2v) is 10.5. The molecule has 162 valence electrons. The number of sulfonamides is 1. The summed E-state index contributed by atoms with van der Waals surface area (Å²) in [6, 6.07) is 13.2. The summed E-state index contributed by atoms with van der Waals surface area (Å²) in [5.41, 5.74) is 3.55. The molecule has 1 atom stereocenters. The van der Waals surface area contributed by atoms with Crippen LogP contribution < -0.4 is 14.5 Å². The topological polar surface area (TPSA) is 69.7 Å². The van der Waals surface area contributed by atoms with Gasteiger partial charge in [-0.15, -0.1) is 0 Å². The van der Waals surface area contributed by atoms with Crippen LogP contribution in [-0.4, -0.2) is 40.2 Å². The molecule has 0 radical (unpaired) electrons. The summed E-state index contributed by atoms with van der Waals surface area (Å²) < 4.78 is 26.6. The van der Waals surface area contributed by atoms with Crippen molar-refractivity contribution in [2.45, 2.75) is 32.7 Å². The number of nitrogens with one attached hydrogen (secondary N) is 1. The molecule has 30 heavy (non-hydrogen) atoms. The normalized spacial score (nSPS) is 15.1. The predicted molar refractivity (Wildman–Crippen MR) is 126 cm³/mol. The van der Waals surface area contributed by atoms with Crippen LogP contribution in [0.1, 0.15) is 36.9 Å². The minimum absolute atomic E-state index is 0.224. The van der Waals surface area contributed by atoms with Crippen LogP contribution in [0, 0.1) is 6.92 Å². The zero-order valence-electron chi connectivity index (χ0n) is 17.6. The highest BCUT2D eigenvalue weighted by atomic mass is 79.9. The highest BCUT2D eigenvalue weighted by Crippen LogP contribution is 2.25. The van der Waals surface area contributed by atoms with Crippen LogP contribution in [0.15, 0.2) is 46.9 Å². The number of hydrogen-bond acceptors (Lipinski definition) is 4. The van der Waals surface area contributed by atoms with Crippen molar-refractivity contribution in [1.29, 1.82) is 0 Å². The van der Waals surface area contributed by atoms with Crippen LogP contribution in [0.2, 0.25) is 0 Å². The maximum Gasteiger partial charge on any atom is 0.241 e. The maximum absolute atomic E-state index is 12.7. The second kappa shape index (κ2) is 9.39. The van der Waals surface area contributed by atoms with Gasteiger partial charge in [0.05, 0.1) is 18.0 Å². The zero-order chi connectivity index (χ0) is 21.9. The molecule has 1 fully saturated rings. The molecule has 1 aliphatic heterocycles. The molecule has 1 saturated heterocycles. The van der Waals surface area contributed by atoms with E-state index in [9.17, 15) is 13.2 Å². The Kier molecular flexibility index (Phi) is 7.08. The molecule has 0 bridgehead atoms. The van der Waals surface area contributed by atoms with Gasteiger partial charge >= 0.3 is 0 Å². The van der Waals surface area contributed by atoms with E-state index < -0.39 is 10.0 Å². The lowest BCUT2D eigenvalue weighted by Gasteiger charge is -2.24. The van der Waals surface area contributed by atoms with E-state index in [0.717, 1.165) is 39.3 Å². The molecule has 1 aliphatic rings. The minimum Gasteiger partial charge on any atom is -0.372 e. The van der Waals surface area contributed by atoms with Crippen LogP contribution in [0.3, 0.4) is 0 Å². The van der Waals surface area contributed by atoms with Gasteiger partial charge in [0.25, 0.3) is 0 Å². The van der Waals surface area contributed by atoms with Crippen molar-refractivity contribution in [3.8, 4) is 0 Å². The third-order valence-electron chi connectivity index (χ3n) is 5.36. The SMILES string of the molecule is Cc1cc(N(CC(=O)NC(C)c2ccc(N3CCCC3)cc2)S(C)(=O)=O)ccc1Br. The third kappa shape index (κ3) is 5.55. The van der Waals surface area contributed by atoms with E-state index in [1.165, 1.54) is 18.5 Å². The Morgan fingerprint density at radius 1 is 1.17 bits per heavy atom. The molecule has 0 aromatic heterocycles. The molecule has 1 amide bonds. The molecule has 6 nitrogen and oxygen atoms in total. The van der Waals surface area contributed by atoms with Crippen LogP contribution in [0.25, 0.3) is 0 Å². The van der Waals surface area contributed by atoms with E-state index in [-0.39, 0.29) is 18.5 Å². The molecule has 3 rings (SSSR count). The fourth-order valence-electron chi connectivity index (χ4n) is 3.63. The van der Waals surface area contributed by atoms with Crippen LogP contribution >= 0.6 is 15.9 Å². The smallest absolute Gasteiger partial charge is 0.241 e. The van der Waals surface area contributed by atoms with Gasteiger partial charge in [-0.2, -0.15) is 0 Å². The Labute approximate surface area is 187 Å². The quantitative estimate of drug-likeness (QED) is 0.632. The number of halogens is 1. The number of anilines is 2. The zero-order valence-corrected chi connectivity index (χ0v) is 20.0. The van der Waals surface area contributed by atoms with Crippen molar-refractivity contribution in [1.82, 2.24) is 5.32 Å². The van der Waals surface area contributed by atoms with Gasteiger partial charge in [0.15, 0.2) is 0 Å². The number of nitrogens with zero attached hydrogens (tertiary/aromatic N) is 2. The number of carbonyl (C=O) groups is 1. The van der Waals surface area contributed by atoms with Crippen LogP contribution in [-0.2, 0) is 14.8 Å². The van der Waals surface area contributed by atoms with E-state index in [1.54, 1.807) is 18.2 Å². The molecular weight excluding hydrogens is 466 g/mol. The highest BCUT2D eigenvalue weighted by molar-refractivity contribution is 9.10. The Balaban J connectivity index is 1.68. The lowest BCUT2D eigenvalue weighted by atomic mass is 10.1. The van der Waals surface area contributed by atoms with E-state index in [4.69, 9.17) is 0 Å². The molecular formula is C22H28BrN3O3S. The van der Waals surface area contributed by atoms with Gasteiger partial charge in [-0.05, 0) is 68.1 Å². The first kappa shape index (κ1) is 22.6. The first-order chi connectivity index (χ1) is 14.1. The van der Waals surface area contributed by atoms with Gasteiger partial charge < -0.3 is 10.2 Å². The number of rotatable bonds is 7. The number of carbonyl (C=O) groups excluding carboxylic acids is 1. The molecule has 0 aliphatic carbocycles. The van der Waals surface area contributed by atoms with Crippen molar-refractivity contribution in [3.05, 3.63) is 58.1 Å². The molecule has 1 unspecified atom stereocenters. The van der Waals surface area contributed by atoms with Crippen molar-refractivity contribution in [3.63, 3.8) is 0 Å². The van der Waals surface area contributed by atoms with E-state index in [0.29, 0.717) is 5.69 Å². The highest BCUT2D eigenvalue weighted by Gasteiger charge is 2.22. The minimum atomic E-state index is -3.61. The second-order valence-electron chi connectivity index (χ2n) is 7.78. The van der Waals surface area contributed by atoms with Crippen LogP contribution in [0.4, 0.5) is 11.4 Å². The molecule has 2 aromatic rings. The summed E-state index contributed by atoms with van der Waals surface area (Å²) in [7, 11) is -3.61. The van der Waals surface area contributed by atoms with E-state index in [2.05, 4.69) is 38.3 Å². The predicted octanol–water partition coefficient (Wildman–Crippen LogP) is 4.00. The molecule has 1 heterocycles. The summed E-state index contributed by atoms with van der Waals surface area (Å²) in [5, 5.41) is 2.92. The standard InChI is InChI=1S/C22H28BrN3O3S/c1-16-14-20(10-11-21(16)23)26(30(3,28)29)15-22(27)24-17(2)18-6-8-19(9-7-18)25-12-4-5-13-25/h6-11,14,17H,4-5,12-13,15H2,1-3H3,(H,24,27). The average molecular weight is 494 g/mol. The summed E-state index contributed by atoms with van der Waals surface area (Å²) in [5.74, 6) is -0.350. The Hall–Kier alpha value is -2.06. The molecule has 2 aromatic carbocycles. The summed E-state index contributed by atoms with van der Waals surface area (Å²) in [6.07, 6.45) is 3.56. The first-order valence-corrected chi connectivity index (χ1v) is 12.7. The third-order valence-corrected chi connectivity index (χ3v) is 7.39. The summed E-state index contributed by atoms with van der Waals surface area (Å²) >= 11 is 3.41. The van der Waals surface area contributed by atoms with Crippen molar-refractivity contribution in [2.24, 2.45) is 0 Å². The van der Waals surface area contributed by atoms with Gasteiger partial charge in [-0.1, -0.05) is 28.1 Å². The largest absolute Gasteiger partial charge is 0.372 e. The number of hydrogen-bond donors (Lipinski definition) is 1.